The number of anilines is 1. The first-order valence-electron chi connectivity index (χ1n) is 6.66. The van der Waals surface area contributed by atoms with Crippen molar-refractivity contribution in [2.75, 3.05) is 18.5 Å². The van der Waals surface area contributed by atoms with Crippen LogP contribution in [0.1, 0.15) is 21.5 Å². The Kier molecular flexibility index (Phi) is 4.41. The van der Waals surface area contributed by atoms with Gasteiger partial charge in [0.1, 0.15) is 0 Å². The lowest BCUT2D eigenvalue weighted by molar-refractivity contribution is 0.0697. The molecular weight excluding hydrogens is 250 g/mol. The topological polar surface area (TPSA) is 40.5 Å². The molecule has 0 saturated heterocycles. The van der Waals surface area contributed by atoms with Crippen molar-refractivity contribution in [2.45, 2.75) is 13.3 Å². The minimum absolute atomic E-state index is 0.320. The first kappa shape index (κ1) is 14.1. The maximum absolute atomic E-state index is 10.8. The molecule has 20 heavy (non-hydrogen) atoms. The Hall–Kier alpha value is -2.29. The number of benzene rings is 2. The number of aryl methyl sites for hydroxylation is 1. The molecule has 0 atom stereocenters. The highest BCUT2D eigenvalue weighted by atomic mass is 16.4. The summed E-state index contributed by atoms with van der Waals surface area (Å²) in [5.74, 6) is -0.890. The Bertz CT molecular complexity index is 573. The minimum atomic E-state index is -0.890. The van der Waals surface area contributed by atoms with Gasteiger partial charge in [-0.2, -0.15) is 0 Å². The van der Waals surface area contributed by atoms with Gasteiger partial charge in [0.25, 0.3) is 0 Å². The second-order valence-electron chi connectivity index (χ2n) is 5.01. The van der Waals surface area contributed by atoms with Crippen LogP contribution in [0.5, 0.6) is 0 Å². The van der Waals surface area contributed by atoms with Gasteiger partial charge in [-0.1, -0.05) is 29.8 Å². The summed E-state index contributed by atoms with van der Waals surface area (Å²) in [5, 5.41) is 8.88. The van der Waals surface area contributed by atoms with E-state index in [-0.39, 0.29) is 0 Å². The normalized spacial score (nSPS) is 10.3. The molecule has 0 aromatic heterocycles. The van der Waals surface area contributed by atoms with Crippen LogP contribution in [0.4, 0.5) is 5.69 Å². The highest BCUT2D eigenvalue weighted by molar-refractivity contribution is 5.88. The van der Waals surface area contributed by atoms with Crippen molar-refractivity contribution in [1.29, 1.82) is 0 Å². The Labute approximate surface area is 119 Å². The largest absolute Gasteiger partial charge is 0.478 e. The van der Waals surface area contributed by atoms with E-state index in [9.17, 15) is 4.79 Å². The highest BCUT2D eigenvalue weighted by Crippen LogP contribution is 2.14. The Morgan fingerprint density at radius 3 is 2.20 bits per heavy atom. The second-order valence-corrected chi connectivity index (χ2v) is 5.01. The van der Waals surface area contributed by atoms with Crippen molar-refractivity contribution >= 4 is 11.7 Å². The summed E-state index contributed by atoms with van der Waals surface area (Å²) in [6, 6.07) is 15.5. The third kappa shape index (κ3) is 3.60. The van der Waals surface area contributed by atoms with Gasteiger partial charge in [-0.15, -0.1) is 0 Å². The van der Waals surface area contributed by atoms with Gasteiger partial charge in [0, 0.05) is 19.3 Å². The zero-order valence-electron chi connectivity index (χ0n) is 11.8. The lowest BCUT2D eigenvalue weighted by atomic mass is 10.1. The maximum Gasteiger partial charge on any atom is 0.335 e. The van der Waals surface area contributed by atoms with Gasteiger partial charge in [-0.25, -0.2) is 4.79 Å². The van der Waals surface area contributed by atoms with Crippen molar-refractivity contribution in [1.82, 2.24) is 0 Å². The molecule has 0 unspecified atom stereocenters. The summed E-state index contributed by atoms with van der Waals surface area (Å²) in [6.07, 6.45) is 0.970. The van der Waals surface area contributed by atoms with Crippen LogP contribution in [0, 0.1) is 6.92 Å². The van der Waals surface area contributed by atoms with E-state index in [2.05, 4.69) is 36.1 Å². The van der Waals surface area contributed by atoms with Crippen LogP contribution in [0.3, 0.4) is 0 Å². The standard InChI is InChI=1S/C17H19NO2/c1-13-3-5-14(6-4-13)11-12-18(2)16-9-7-15(8-10-16)17(19)20/h3-10H,11-12H2,1-2H3,(H,19,20). The summed E-state index contributed by atoms with van der Waals surface area (Å²) < 4.78 is 0. The lowest BCUT2D eigenvalue weighted by Gasteiger charge is -2.19. The van der Waals surface area contributed by atoms with Crippen LogP contribution in [0.25, 0.3) is 0 Å². The van der Waals surface area contributed by atoms with Gasteiger partial charge in [0.15, 0.2) is 0 Å². The molecule has 0 aliphatic heterocycles. The smallest absolute Gasteiger partial charge is 0.335 e. The molecular formula is C17H19NO2. The van der Waals surface area contributed by atoms with Gasteiger partial charge in [-0.05, 0) is 43.2 Å². The molecule has 0 radical (unpaired) electrons. The molecule has 0 bridgehead atoms. The number of aromatic carboxylic acids is 1. The van der Waals surface area contributed by atoms with E-state index >= 15 is 0 Å². The number of carbonyl (C=O) groups is 1. The van der Waals surface area contributed by atoms with E-state index in [4.69, 9.17) is 5.11 Å². The number of rotatable bonds is 5. The molecule has 3 nitrogen and oxygen atoms in total. The number of hydrogen-bond acceptors (Lipinski definition) is 2. The van der Waals surface area contributed by atoms with Gasteiger partial charge in [-0.3, -0.25) is 0 Å². The summed E-state index contributed by atoms with van der Waals surface area (Å²) in [4.78, 5) is 12.9. The molecule has 0 heterocycles. The zero-order valence-corrected chi connectivity index (χ0v) is 11.8. The molecule has 0 spiro atoms. The Balaban J connectivity index is 1.95. The van der Waals surface area contributed by atoms with Gasteiger partial charge >= 0.3 is 5.97 Å². The quantitative estimate of drug-likeness (QED) is 0.904. The van der Waals surface area contributed by atoms with Crippen LogP contribution < -0.4 is 4.90 Å². The monoisotopic (exact) mass is 269 g/mol. The molecule has 0 aliphatic rings. The average Bonchev–Trinajstić information content (AvgIpc) is 2.46. The number of likely N-dealkylation sites (N-methyl/N-ethyl adjacent to an activating group) is 1. The van der Waals surface area contributed by atoms with Crippen LogP contribution in [-0.2, 0) is 6.42 Å². The van der Waals surface area contributed by atoms with Crippen LogP contribution in [0.15, 0.2) is 48.5 Å². The molecule has 1 N–H and O–H groups in total. The summed E-state index contributed by atoms with van der Waals surface area (Å²) in [5.41, 5.74) is 3.93. The van der Waals surface area contributed by atoms with Crippen molar-refractivity contribution in [3.63, 3.8) is 0 Å². The maximum atomic E-state index is 10.8. The van der Waals surface area contributed by atoms with Gasteiger partial charge in [0.2, 0.25) is 0 Å². The third-order valence-corrected chi connectivity index (χ3v) is 3.41. The van der Waals surface area contributed by atoms with Crippen molar-refractivity contribution in [3.8, 4) is 0 Å². The van der Waals surface area contributed by atoms with Gasteiger partial charge < -0.3 is 10.0 Å². The van der Waals surface area contributed by atoms with Crippen LogP contribution in [0.2, 0.25) is 0 Å². The fraction of sp³-hybridized carbons (Fsp3) is 0.235. The number of hydrogen-bond donors (Lipinski definition) is 1. The molecule has 0 fully saturated rings. The van der Waals surface area contributed by atoms with E-state index in [1.165, 1.54) is 11.1 Å². The van der Waals surface area contributed by atoms with E-state index in [1.807, 2.05) is 19.2 Å². The Morgan fingerprint density at radius 1 is 1.05 bits per heavy atom. The molecule has 2 rings (SSSR count). The Morgan fingerprint density at radius 2 is 1.65 bits per heavy atom. The minimum Gasteiger partial charge on any atom is -0.478 e. The number of carboxylic acid groups (broad SMARTS) is 1. The van der Waals surface area contributed by atoms with Crippen LogP contribution in [-0.4, -0.2) is 24.7 Å². The van der Waals surface area contributed by atoms with Crippen molar-refractivity contribution < 1.29 is 9.90 Å². The summed E-state index contributed by atoms with van der Waals surface area (Å²) in [7, 11) is 2.02. The predicted molar refractivity (Wildman–Crippen MR) is 81.6 cm³/mol. The zero-order chi connectivity index (χ0) is 14.5. The molecule has 0 amide bonds. The molecule has 0 aliphatic carbocycles. The first-order valence-corrected chi connectivity index (χ1v) is 6.66. The molecule has 2 aromatic carbocycles. The summed E-state index contributed by atoms with van der Waals surface area (Å²) >= 11 is 0. The van der Waals surface area contributed by atoms with E-state index in [0.717, 1.165) is 18.7 Å². The van der Waals surface area contributed by atoms with E-state index in [0.29, 0.717) is 5.56 Å². The second kappa shape index (κ2) is 6.24. The lowest BCUT2D eigenvalue weighted by Crippen LogP contribution is -2.20. The number of nitrogens with zero attached hydrogens (tertiary/aromatic N) is 1. The van der Waals surface area contributed by atoms with Gasteiger partial charge in [0.05, 0.1) is 5.56 Å². The van der Waals surface area contributed by atoms with Crippen molar-refractivity contribution in [2.24, 2.45) is 0 Å². The third-order valence-electron chi connectivity index (χ3n) is 3.41. The fourth-order valence-electron chi connectivity index (χ4n) is 2.04. The van der Waals surface area contributed by atoms with Crippen LogP contribution >= 0.6 is 0 Å². The highest BCUT2D eigenvalue weighted by Gasteiger charge is 2.05. The predicted octanol–water partition coefficient (Wildman–Crippen LogP) is 3.37. The van der Waals surface area contributed by atoms with Crippen molar-refractivity contribution in [3.05, 3.63) is 65.2 Å². The molecule has 3 heteroatoms. The van der Waals surface area contributed by atoms with E-state index in [1.54, 1.807) is 12.1 Å². The first-order chi connectivity index (χ1) is 9.56. The summed E-state index contributed by atoms with van der Waals surface area (Å²) in [6.45, 7) is 2.98. The molecule has 2 aromatic rings. The fourth-order valence-corrected chi connectivity index (χ4v) is 2.04. The molecule has 0 saturated carbocycles. The van der Waals surface area contributed by atoms with E-state index < -0.39 is 5.97 Å². The number of carboxylic acids is 1. The SMILES string of the molecule is Cc1ccc(CCN(C)c2ccc(C(=O)O)cc2)cc1. The molecule has 104 valence electrons. The average molecular weight is 269 g/mol.